The molecule has 1 fully saturated rings. The van der Waals surface area contributed by atoms with E-state index < -0.39 is 0 Å². The average molecular weight is 327 g/mol. The van der Waals surface area contributed by atoms with Crippen LogP contribution in [0.5, 0.6) is 0 Å². The molecular weight excluding hydrogens is 302 g/mol. The first-order valence-corrected chi connectivity index (χ1v) is 8.42. The number of nitrogens with zero attached hydrogens (tertiary/aromatic N) is 4. The standard InChI is InChI=1S/C18H25N5O/c1-14(2)23-13-16(12-19-23)20-18(24)15-4-6-17(7-5-15)22-10-8-21(3)9-11-22/h4-7,12-14H,8-11H2,1-3H3,(H,20,24). The Morgan fingerprint density at radius 2 is 1.79 bits per heavy atom. The van der Waals surface area contributed by atoms with Crippen LogP contribution in [0.15, 0.2) is 36.7 Å². The highest BCUT2D eigenvalue weighted by molar-refractivity contribution is 6.04. The second kappa shape index (κ2) is 7.05. The molecule has 2 heterocycles. The van der Waals surface area contributed by atoms with Gasteiger partial charge in [-0.25, -0.2) is 0 Å². The SMILES string of the molecule is CC(C)n1cc(NC(=O)c2ccc(N3CCN(C)CC3)cc2)cn1. The number of benzene rings is 1. The average Bonchev–Trinajstić information content (AvgIpc) is 3.04. The Bertz CT molecular complexity index is 684. The van der Waals surface area contributed by atoms with E-state index in [1.165, 1.54) is 5.69 Å². The Labute approximate surface area is 143 Å². The van der Waals surface area contributed by atoms with Crippen LogP contribution in [0, 0.1) is 0 Å². The monoisotopic (exact) mass is 327 g/mol. The highest BCUT2D eigenvalue weighted by Crippen LogP contribution is 2.18. The van der Waals surface area contributed by atoms with Gasteiger partial charge in [-0.2, -0.15) is 5.10 Å². The van der Waals surface area contributed by atoms with E-state index in [4.69, 9.17) is 0 Å². The Hall–Kier alpha value is -2.34. The van der Waals surface area contributed by atoms with Crippen LogP contribution >= 0.6 is 0 Å². The van der Waals surface area contributed by atoms with Gasteiger partial charge in [0.25, 0.3) is 5.91 Å². The van der Waals surface area contributed by atoms with Crippen molar-refractivity contribution in [3.63, 3.8) is 0 Å². The molecule has 0 atom stereocenters. The zero-order valence-electron chi connectivity index (χ0n) is 14.6. The molecule has 1 N–H and O–H groups in total. The lowest BCUT2D eigenvalue weighted by Gasteiger charge is -2.34. The quantitative estimate of drug-likeness (QED) is 0.937. The van der Waals surface area contributed by atoms with Crippen molar-refractivity contribution in [1.29, 1.82) is 0 Å². The van der Waals surface area contributed by atoms with Crippen LogP contribution in [0.25, 0.3) is 0 Å². The van der Waals surface area contributed by atoms with Gasteiger partial charge in [0.2, 0.25) is 0 Å². The maximum atomic E-state index is 12.4. The van der Waals surface area contributed by atoms with E-state index >= 15 is 0 Å². The van der Waals surface area contributed by atoms with Crippen molar-refractivity contribution in [1.82, 2.24) is 14.7 Å². The van der Waals surface area contributed by atoms with Gasteiger partial charge in [0, 0.05) is 49.7 Å². The summed E-state index contributed by atoms with van der Waals surface area (Å²) in [6.45, 7) is 8.29. The number of carbonyl (C=O) groups is 1. The zero-order chi connectivity index (χ0) is 17.1. The minimum atomic E-state index is -0.108. The fourth-order valence-corrected chi connectivity index (χ4v) is 2.78. The maximum absolute atomic E-state index is 12.4. The lowest BCUT2D eigenvalue weighted by Crippen LogP contribution is -2.44. The molecule has 1 aromatic heterocycles. The third kappa shape index (κ3) is 3.76. The molecular formula is C18H25N5O. The molecule has 0 radical (unpaired) electrons. The van der Waals surface area contributed by atoms with Gasteiger partial charge in [0.1, 0.15) is 0 Å². The van der Waals surface area contributed by atoms with E-state index in [9.17, 15) is 4.79 Å². The molecule has 3 rings (SSSR count). The summed E-state index contributed by atoms with van der Waals surface area (Å²) in [6.07, 6.45) is 3.53. The van der Waals surface area contributed by atoms with Gasteiger partial charge >= 0.3 is 0 Å². The third-order valence-electron chi connectivity index (χ3n) is 4.39. The Kier molecular flexibility index (Phi) is 4.85. The highest BCUT2D eigenvalue weighted by Gasteiger charge is 2.15. The smallest absolute Gasteiger partial charge is 0.255 e. The second-order valence-electron chi connectivity index (χ2n) is 6.59. The predicted molar refractivity (Wildman–Crippen MR) is 96.7 cm³/mol. The van der Waals surface area contributed by atoms with Crippen molar-refractivity contribution in [2.45, 2.75) is 19.9 Å². The molecule has 1 aromatic carbocycles. The molecule has 1 aliphatic rings. The molecule has 6 heteroatoms. The number of hydrogen-bond acceptors (Lipinski definition) is 4. The molecule has 2 aromatic rings. The predicted octanol–water partition coefficient (Wildman–Crippen LogP) is 2.47. The first kappa shape index (κ1) is 16.5. The lowest BCUT2D eigenvalue weighted by atomic mass is 10.1. The minimum absolute atomic E-state index is 0.108. The lowest BCUT2D eigenvalue weighted by molar-refractivity contribution is 0.102. The summed E-state index contributed by atoms with van der Waals surface area (Å²) in [4.78, 5) is 17.0. The first-order valence-electron chi connectivity index (χ1n) is 8.42. The summed E-state index contributed by atoms with van der Waals surface area (Å²) in [6, 6.07) is 8.10. The number of nitrogens with one attached hydrogen (secondary N) is 1. The molecule has 24 heavy (non-hydrogen) atoms. The largest absolute Gasteiger partial charge is 0.369 e. The number of amides is 1. The molecule has 6 nitrogen and oxygen atoms in total. The molecule has 1 aliphatic heterocycles. The summed E-state index contributed by atoms with van der Waals surface area (Å²) < 4.78 is 1.83. The molecule has 0 unspecified atom stereocenters. The Balaban J connectivity index is 1.63. The highest BCUT2D eigenvalue weighted by atomic mass is 16.1. The van der Waals surface area contributed by atoms with Crippen molar-refractivity contribution in [2.24, 2.45) is 0 Å². The van der Waals surface area contributed by atoms with E-state index in [1.807, 2.05) is 35.1 Å². The number of likely N-dealkylation sites (N-methyl/N-ethyl adjacent to an activating group) is 1. The van der Waals surface area contributed by atoms with Crippen LogP contribution in [0.2, 0.25) is 0 Å². The number of anilines is 2. The van der Waals surface area contributed by atoms with E-state index in [-0.39, 0.29) is 11.9 Å². The number of piperazine rings is 1. The number of aromatic nitrogens is 2. The molecule has 128 valence electrons. The van der Waals surface area contributed by atoms with Crippen molar-refractivity contribution >= 4 is 17.3 Å². The van der Waals surface area contributed by atoms with E-state index in [0.29, 0.717) is 5.56 Å². The van der Waals surface area contributed by atoms with Crippen LogP contribution in [-0.2, 0) is 0 Å². The summed E-state index contributed by atoms with van der Waals surface area (Å²) in [7, 11) is 2.15. The first-order chi connectivity index (χ1) is 11.5. The maximum Gasteiger partial charge on any atom is 0.255 e. The van der Waals surface area contributed by atoms with Gasteiger partial charge in [-0.3, -0.25) is 9.48 Å². The van der Waals surface area contributed by atoms with Crippen molar-refractivity contribution < 1.29 is 4.79 Å². The second-order valence-corrected chi connectivity index (χ2v) is 6.59. The molecule has 0 bridgehead atoms. The number of hydrogen-bond donors (Lipinski definition) is 1. The van der Waals surface area contributed by atoms with Crippen molar-refractivity contribution in [3.05, 3.63) is 42.2 Å². The van der Waals surface area contributed by atoms with Gasteiger partial charge in [-0.05, 0) is 45.2 Å². The van der Waals surface area contributed by atoms with Crippen LogP contribution < -0.4 is 10.2 Å². The van der Waals surface area contributed by atoms with Crippen LogP contribution in [0.1, 0.15) is 30.2 Å². The molecule has 1 saturated heterocycles. The summed E-state index contributed by atoms with van der Waals surface area (Å²) in [5, 5.41) is 7.13. The molecule has 0 aliphatic carbocycles. The van der Waals surface area contributed by atoms with Crippen LogP contribution in [0.3, 0.4) is 0 Å². The van der Waals surface area contributed by atoms with Gasteiger partial charge in [-0.1, -0.05) is 0 Å². The van der Waals surface area contributed by atoms with E-state index in [2.05, 4.69) is 41.1 Å². The Morgan fingerprint density at radius 3 is 2.38 bits per heavy atom. The van der Waals surface area contributed by atoms with E-state index in [0.717, 1.165) is 31.9 Å². The fourth-order valence-electron chi connectivity index (χ4n) is 2.78. The fraction of sp³-hybridized carbons (Fsp3) is 0.444. The van der Waals surface area contributed by atoms with Gasteiger partial charge in [0.15, 0.2) is 0 Å². The molecule has 1 amide bonds. The van der Waals surface area contributed by atoms with E-state index in [1.54, 1.807) is 6.20 Å². The van der Waals surface area contributed by atoms with Crippen molar-refractivity contribution in [2.75, 3.05) is 43.4 Å². The van der Waals surface area contributed by atoms with Crippen LogP contribution in [-0.4, -0.2) is 53.8 Å². The summed E-state index contributed by atoms with van der Waals surface area (Å²) >= 11 is 0. The van der Waals surface area contributed by atoms with Gasteiger partial charge in [0.05, 0.1) is 11.9 Å². The summed E-state index contributed by atoms with van der Waals surface area (Å²) in [5.41, 5.74) is 2.55. The third-order valence-corrected chi connectivity index (χ3v) is 4.39. The number of carbonyl (C=O) groups excluding carboxylic acids is 1. The molecule has 0 saturated carbocycles. The topological polar surface area (TPSA) is 53.4 Å². The van der Waals surface area contributed by atoms with Crippen LogP contribution in [0.4, 0.5) is 11.4 Å². The Morgan fingerprint density at radius 1 is 1.12 bits per heavy atom. The minimum Gasteiger partial charge on any atom is -0.369 e. The van der Waals surface area contributed by atoms with Gasteiger partial charge in [-0.15, -0.1) is 0 Å². The number of rotatable bonds is 4. The zero-order valence-corrected chi connectivity index (χ0v) is 14.6. The molecule has 0 spiro atoms. The van der Waals surface area contributed by atoms with Crippen molar-refractivity contribution in [3.8, 4) is 0 Å². The van der Waals surface area contributed by atoms with Gasteiger partial charge < -0.3 is 15.1 Å². The summed E-state index contributed by atoms with van der Waals surface area (Å²) in [5.74, 6) is -0.108. The normalized spacial score (nSPS) is 15.8.